The molecule has 12 heavy (non-hydrogen) atoms. The van der Waals surface area contributed by atoms with Gasteiger partial charge in [0, 0.05) is 0 Å². The Kier molecular flexibility index (Phi) is 1.71. The van der Waals surface area contributed by atoms with Gasteiger partial charge in [0.2, 0.25) is 0 Å². The molecule has 0 amide bonds. The molecule has 1 aliphatic carbocycles. The second kappa shape index (κ2) is 2.73. The zero-order chi connectivity index (χ0) is 8.55. The lowest BCUT2D eigenvalue weighted by Crippen LogP contribution is -2.39. The fourth-order valence-electron chi connectivity index (χ4n) is 1.84. The van der Waals surface area contributed by atoms with Gasteiger partial charge in [-0.2, -0.15) is 5.11 Å². The monoisotopic (exact) mass is 169 g/mol. The number of carboxylic acids is 1. The molecule has 2 rings (SSSR count). The van der Waals surface area contributed by atoms with Gasteiger partial charge in [0.05, 0.1) is 18.0 Å². The van der Waals surface area contributed by atoms with Crippen molar-refractivity contribution in [1.82, 2.24) is 5.43 Å². The van der Waals surface area contributed by atoms with Gasteiger partial charge in [-0.05, 0) is 19.3 Å². The lowest BCUT2D eigenvalue weighted by Gasteiger charge is -2.26. The Morgan fingerprint density at radius 1 is 1.50 bits per heavy atom. The minimum Gasteiger partial charge on any atom is -0.481 e. The fourth-order valence-corrected chi connectivity index (χ4v) is 1.84. The summed E-state index contributed by atoms with van der Waals surface area (Å²) >= 11 is 0. The van der Waals surface area contributed by atoms with Crippen LogP contribution >= 0.6 is 0 Å². The lowest BCUT2D eigenvalue weighted by atomic mass is 9.83. The predicted molar refractivity (Wildman–Crippen MR) is 40.5 cm³/mol. The van der Waals surface area contributed by atoms with Crippen molar-refractivity contribution in [3.63, 3.8) is 0 Å². The third-order valence-electron chi connectivity index (χ3n) is 2.59. The topological polar surface area (TPSA) is 74.0 Å². The van der Waals surface area contributed by atoms with Crippen LogP contribution in [0.2, 0.25) is 0 Å². The van der Waals surface area contributed by atoms with E-state index in [9.17, 15) is 4.79 Å². The van der Waals surface area contributed by atoms with Gasteiger partial charge >= 0.3 is 5.97 Å². The molecular formula is C7H11N3O2. The summed E-state index contributed by atoms with van der Waals surface area (Å²) in [5.74, 6) is -0.899. The van der Waals surface area contributed by atoms with Crippen molar-refractivity contribution < 1.29 is 9.90 Å². The van der Waals surface area contributed by atoms with Crippen LogP contribution < -0.4 is 5.43 Å². The Morgan fingerprint density at radius 2 is 2.33 bits per heavy atom. The van der Waals surface area contributed by atoms with E-state index in [1.807, 2.05) is 0 Å². The van der Waals surface area contributed by atoms with E-state index in [-0.39, 0.29) is 18.0 Å². The van der Waals surface area contributed by atoms with Gasteiger partial charge in [-0.25, -0.2) is 0 Å². The first-order chi connectivity index (χ1) is 5.77. The molecule has 5 nitrogen and oxygen atoms in total. The molecule has 0 saturated heterocycles. The number of nitrogens with one attached hydrogen (secondary N) is 1. The van der Waals surface area contributed by atoms with Crippen LogP contribution in [-0.2, 0) is 4.79 Å². The van der Waals surface area contributed by atoms with Crippen LogP contribution in [-0.4, -0.2) is 23.2 Å². The van der Waals surface area contributed by atoms with Crippen LogP contribution in [0, 0.1) is 5.92 Å². The van der Waals surface area contributed by atoms with E-state index in [1.54, 1.807) is 0 Å². The van der Waals surface area contributed by atoms with E-state index >= 15 is 0 Å². The van der Waals surface area contributed by atoms with Gasteiger partial charge in [0.1, 0.15) is 0 Å². The smallest absolute Gasteiger partial charge is 0.306 e. The SMILES string of the molecule is O=C(O)C1CCC2N=NNC2C1. The number of nitrogens with zero attached hydrogens (tertiary/aromatic N) is 2. The maximum absolute atomic E-state index is 10.7. The molecule has 2 N–H and O–H groups in total. The van der Waals surface area contributed by atoms with Crippen molar-refractivity contribution in [3.8, 4) is 0 Å². The molecule has 2 aliphatic rings. The number of fused-ring (bicyclic) bond motifs is 1. The number of hydrogen-bond donors (Lipinski definition) is 2. The molecule has 0 aromatic carbocycles. The fraction of sp³-hybridized carbons (Fsp3) is 0.857. The van der Waals surface area contributed by atoms with Gasteiger partial charge in [0.25, 0.3) is 0 Å². The summed E-state index contributed by atoms with van der Waals surface area (Å²) in [6.45, 7) is 0. The molecule has 0 aromatic rings. The Labute approximate surface area is 69.8 Å². The summed E-state index contributed by atoms with van der Waals surface area (Å²) in [4.78, 5) is 10.7. The predicted octanol–water partition coefficient (Wildman–Crippen LogP) is 0.579. The average molecular weight is 169 g/mol. The number of rotatable bonds is 1. The quantitative estimate of drug-likeness (QED) is 0.603. The summed E-state index contributed by atoms with van der Waals surface area (Å²) < 4.78 is 0. The van der Waals surface area contributed by atoms with Crippen molar-refractivity contribution in [2.75, 3.05) is 0 Å². The van der Waals surface area contributed by atoms with Crippen LogP contribution in [0.4, 0.5) is 0 Å². The minimum atomic E-state index is -0.692. The van der Waals surface area contributed by atoms with Crippen LogP contribution in [0.15, 0.2) is 10.3 Å². The van der Waals surface area contributed by atoms with E-state index in [0.29, 0.717) is 6.42 Å². The van der Waals surface area contributed by atoms with Gasteiger partial charge in [-0.1, -0.05) is 5.22 Å². The van der Waals surface area contributed by atoms with E-state index < -0.39 is 5.97 Å². The number of aliphatic carboxylic acids is 1. The zero-order valence-corrected chi connectivity index (χ0v) is 6.60. The second-order valence-electron chi connectivity index (χ2n) is 3.37. The highest BCUT2D eigenvalue weighted by atomic mass is 16.4. The first kappa shape index (κ1) is 7.52. The van der Waals surface area contributed by atoms with Crippen LogP contribution in [0.1, 0.15) is 19.3 Å². The number of carboxylic acid groups (broad SMARTS) is 1. The number of hydrogen-bond acceptors (Lipinski definition) is 4. The van der Waals surface area contributed by atoms with Crippen LogP contribution in [0.5, 0.6) is 0 Å². The van der Waals surface area contributed by atoms with E-state index in [2.05, 4.69) is 15.8 Å². The van der Waals surface area contributed by atoms with Gasteiger partial charge in [0.15, 0.2) is 0 Å². The van der Waals surface area contributed by atoms with Crippen molar-refractivity contribution >= 4 is 5.97 Å². The molecule has 0 spiro atoms. The standard InChI is InChI=1S/C7H11N3O2/c11-7(12)4-1-2-5-6(3-4)9-10-8-5/h4-6H,1-3H2,(H,8,9)(H,11,12). The highest BCUT2D eigenvalue weighted by Crippen LogP contribution is 2.29. The van der Waals surface area contributed by atoms with Crippen molar-refractivity contribution in [2.45, 2.75) is 31.3 Å². The Morgan fingerprint density at radius 3 is 3.08 bits per heavy atom. The molecule has 0 radical (unpaired) electrons. The first-order valence-electron chi connectivity index (χ1n) is 4.15. The highest BCUT2D eigenvalue weighted by molar-refractivity contribution is 5.70. The zero-order valence-electron chi connectivity index (χ0n) is 6.60. The Balaban J connectivity index is 1.99. The van der Waals surface area contributed by atoms with Crippen molar-refractivity contribution in [2.24, 2.45) is 16.3 Å². The summed E-state index contributed by atoms with van der Waals surface area (Å²) in [5.41, 5.74) is 2.84. The van der Waals surface area contributed by atoms with Gasteiger partial charge < -0.3 is 5.11 Å². The Bertz CT molecular complexity index is 229. The third kappa shape index (κ3) is 1.15. The van der Waals surface area contributed by atoms with Crippen LogP contribution in [0.3, 0.4) is 0 Å². The minimum absolute atomic E-state index is 0.167. The van der Waals surface area contributed by atoms with Crippen molar-refractivity contribution in [3.05, 3.63) is 0 Å². The maximum Gasteiger partial charge on any atom is 0.306 e. The normalized spacial score (nSPS) is 38.8. The van der Waals surface area contributed by atoms with E-state index in [4.69, 9.17) is 5.11 Å². The summed E-state index contributed by atoms with van der Waals surface area (Å²) in [6, 6.07) is 0.389. The summed E-state index contributed by atoms with van der Waals surface area (Å²) in [5, 5.41) is 16.4. The molecule has 1 fully saturated rings. The lowest BCUT2D eigenvalue weighted by molar-refractivity contribution is -0.143. The second-order valence-corrected chi connectivity index (χ2v) is 3.37. The molecule has 0 aromatic heterocycles. The van der Waals surface area contributed by atoms with E-state index in [0.717, 1.165) is 12.8 Å². The largest absolute Gasteiger partial charge is 0.481 e. The molecule has 1 heterocycles. The Hall–Kier alpha value is -1.13. The van der Waals surface area contributed by atoms with Gasteiger partial charge in [-0.15, -0.1) is 0 Å². The highest BCUT2D eigenvalue weighted by Gasteiger charge is 2.36. The van der Waals surface area contributed by atoms with Crippen molar-refractivity contribution in [1.29, 1.82) is 0 Å². The summed E-state index contributed by atoms with van der Waals surface area (Å²) in [7, 11) is 0. The molecule has 1 aliphatic heterocycles. The molecular weight excluding hydrogens is 158 g/mol. The molecule has 0 bridgehead atoms. The average Bonchev–Trinajstić information content (AvgIpc) is 2.49. The van der Waals surface area contributed by atoms with E-state index in [1.165, 1.54) is 0 Å². The number of carbonyl (C=O) groups is 1. The molecule has 5 heteroatoms. The molecule has 3 unspecified atom stereocenters. The summed E-state index contributed by atoms with van der Waals surface area (Å²) in [6.07, 6.45) is 2.24. The molecule has 66 valence electrons. The van der Waals surface area contributed by atoms with Gasteiger partial charge in [-0.3, -0.25) is 10.2 Å². The van der Waals surface area contributed by atoms with Crippen LogP contribution in [0.25, 0.3) is 0 Å². The first-order valence-corrected chi connectivity index (χ1v) is 4.15. The third-order valence-corrected chi connectivity index (χ3v) is 2.59. The maximum atomic E-state index is 10.7. The molecule has 1 saturated carbocycles. The molecule has 3 atom stereocenters.